The number of ether oxygens (including phenoxy) is 1. The zero-order valence-electron chi connectivity index (χ0n) is 18.0. The van der Waals surface area contributed by atoms with Gasteiger partial charge in [-0.05, 0) is 61.1 Å². The van der Waals surface area contributed by atoms with Crippen molar-refractivity contribution in [2.24, 2.45) is 0 Å². The van der Waals surface area contributed by atoms with E-state index in [4.69, 9.17) is 4.74 Å². The van der Waals surface area contributed by atoms with Gasteiger partial charge in [-0.15, -0.1) is 0 Å². The van der Waals surface area contributed by atoms with Gasteiger partial charge in [0.15, 0.2) is 0 Å². The first-order chi connectivity index (χ1) is 15.7. The molecule has 0 spiro atoms. The van der Waals surface area contributed by atoms with Crippen molar-refractivity contribution in [3.63, 3.8) is 0 Å². The van der Waals surface area contributed by atoms with E-state index in [2.05, 4.69) is 10.3 Å². The average molecular weight is 480 g/mol. The number of benzene rings is 1. The van der Waals surface area contributed by atoms with E-state index in [9.17, 15) is 22.8 Å². The van der Waals surface area contributed by atoms with Crippen molar-refractivity contribution in [2.45, 2.75) is 50.1 Å². The molecule has 4 rings (SSSR count). The molecule has 2 unspecified atom stereocenters. The fourth-order valence-electron chi connectivity index (χ4n) is 4.11. The second kappa shape index (κ2) is 9.62. The maximum atomic E-state index is 12.8. The normalized spacial score (nSPS) is 21.3. The quantitative estimate of drug-likeness (QED) is 0.653. The summed E-state index contributed by atoms with van der Waals surface area (Å²) in [4.78, 5) is 29.3. The molecule has 0 radical (unpaired) electrons. The van der Waals surface area contributed by atoms with Crippen molar-refractivity contribution in [3.05, 3.63) is 53.2 Å². The summed E-state index contributed by atoms with van der Waals surface area (Å²) in [7, 11) is 0. The summed E-state index contributed by atoms with van der Waals surface area (Å²) < 4.78 is 44.6. The fourth-order valence-corrected chi connectivity index (χ4v) is 4.95. The summed E-state index contributed by atoms with van der Waals surface area (Å²) in [6.45, 7) is 3.26. The number of amides is 2. The predicted molar refractivity (Wildman–Crippen MR) is 120 cm³/mol. The van der Waals surface area contributed by atoms with Crippen LogP contribution in [0.3, 0.4) is 0 Å². The highest BCUT2D eigenvalue weighted by Gasteiger charge is 2.33. The Bertz CT molecular complexity index is 1030. The van der Waals surface area contributed by atoms with Gasteiger partial charge in [0, 0.05) is 12.7 Å². The van der Waals surface area contributed by atoms with E-state index >= 15 is 0 Å². The summed E-state index contributed by atoms with van der Waals surface area (Å²) in [5.74, 6) is 0.955. The van der Waals surface area contributed by atoms with Gasteiger partial charge in [0.25, 0.3) is 5.24 Å². The predicted octanol–water partition coefficient (Wildman–Crippen LogP) is 4.60. The number of thioether (sulfide) groups is 1. The van der Waals surface area contributed by atoms with Crippen LogP contribution in [0.2, 0.25) is 0 Å². The zero-order valence-corrected chi connectivity index (χ0v) is 18.8. The van der Waals surface area contributed by atoms with Crippen LogP contribution in [0, 0.1) is 0 Å². The molecule has 1 N–H and O–H groups in total. The van der Waals surface area contributed by atoms with Gasteiger partial charge in [-0.3, -0.25) is 14.9 Å². The number of hydrogen-bond donors (Lipinski definition) is 1. The van der Waals surface area contributed by atoms with Crippen molar-refractivity contribution >= 4 is 28.7 Å². The first-order valence-electron chi connectivity index (χ1n) is 10.8. The molecule has 3 heterocycles. The number of rotatable bonds is 6. The fraction of sp³-hybridized carbons (Fsp3) is 0.435. The van der Waals surface area contributed by atoms with E-state index in [1.54, 1.807) is 0 Å². The van der Waals surface area contributed by atoms with Crippen LogP contribution in [0.1, 0.15) is 36.5 Å². The van der Waals surface area contributed by atoms with E-state index in [-0.39, 0.29) is 17.3 Å². The number of aromatic nitrogens is 1. The lowest BCUT2D eigenvalue weighted by Gasteiger charge is -2.34. The molecular formula is C23H24F3N3O3S. The van der Waals surface area contributed by atoms with Gasteiger partial charge in [0.05, 0.1) is 17.4 Å². The van der Waals surface area contributed by atoms with Crippen LogP contribution in [0.5, 0.6) is 5.75 Å². The third kappa shape index (κ3) is 5.61. The van der Waals surface area contributed by atoms with Crippen molar-refractivity contribution in [1.82, 2.24) is 10.3 Å². The Kier molecular flexibility index (Phi) is 6.83. The van der Waals surface area contributed by atoms with Gasteiger partial charge >= 0.3 is 6.18 Å². The van der Waals surface area contributed by atoms with Gasteiger partial charge in [0.1, 0.15) is 17.7 Å². The zero-order chi connectivity index (χ0) is 23.6. The van der Waals surface area contributed by atoms with Crippen LogP contribution >= 0.6 is 11.8 Å². The van der Waals surface area contributed by atoms with Crippen LogP contribution in [-0.2, 0) is 23.8 Å². The highest BCUT2D eigenvalue weighted by atomic mass is 32.2. The Morgan fingerprint density at radius 1 is 1.21 bits per heavy atom. The molecule has 0 aliphatic carbocycles. The highest BCUT2D eigenvalue weighted by molar-refractivity contribution is 8.15. The molecule has 2 aliphatic rings. The molecule has 33 heavy (non-hydrogen) atoms. The molecule has 176 valence electrons. The SMILES string of the molecule is CCc1cc(OC2CCCN(c3ccc(C(F)(F)F)cn3)C2)ccc1CC1SC(=O)NC1=O. The number of nitrogens with one attached hydrogen (secondary N) is 1. The van der Waals surface area contributed by atoms with E-state index < -0.39 is 17.0 Å². The van der Waals surface area contributed by atoms with E-state index in [0.29, 0.717) is 31.1 Å². The number of nitrogens with zero attached hydrogens (tertiary/aromatic N) is 2. The minimum atomic E-state index is -4.40. The molecular weight excluding hydrogens is 455 g/mol. The highest BCUT2D eigenvalue weighted by Crippen LogP contribution is 2.31. The molecule has 1 aromatic heterocycles. The van der Waals surface area contributed by atoms with E-state index in [1.807, 2.05) is 30.0 Å². The molecule has 2 amide bonds. The number of imide groups is 1. The first-order valence-corrected chi connectivity index (χ1v) is 11.7. The Morgan fingerprint density at radius 3 is 2.67 bits per heavy atom. The lowest BCUT2D eigenvalue weighted by molar-refractivity contribution is -0.137. The second-order valence-corrected chi connectivity index (χ2v) is 9.28. The van der Waals surface area contributed by atoms with Gasteiger partial charge < -0.3 is 9.64 Å². The molecule has 2 aromatic rings. The molecule has 0 saturated carbocycles. The summed E-state index contributed by atoms with van der Waals surface area (Å²) in [5, 5.41) is 1.58. The molecule has 2 aliphatic heterocycles. The molecule has 6 nitrogen and oxygen atoms in total. The van der Waals surface area contributed by atoms with Crippen molar-refractivity contribution in [2.75, 3.05) is 18.0 Å². The number of alkyl halides is 3. The number of carbonyl (C=O) groups excluding carboxylic acids is 2. The summed E-state index contributed by atoms with van der Waals surface area (Å²) in [6.07, 6.45) is -0.753. The molecule has 1 aromatic carbocycles. The number of hydrogen-bond acceptors (Lipinski definition) is 6. The second-order valence-electron chi connectivity index (χ2n) is 8.10. The molecule has 10 heteroatoms. The standard InChI is InChI=1S/C23H24F3N3O3S/c1-2-14-10-17(7-5-15(14)11-19-21(30)28-22(31)33-19)32-18-4-3-9-29(13-18)20-8-6-16(12-27-20)23(24,25)26/h5-8,10,12,18-19H,2-4,9,11,13H2,1H3,(H,28,30,31). The Labute approximate surface area is 193 Å². The minimum absolute atomic E-state index is 0.118. The smallest absolute Gasteiger partial charge is 0.417 e. The number of pyridine rings is 1. The third-order valence-corrected chi connectivity index (χ3v) is 6.79. The van der Waals surface area contributed by atoms with Crippen molar-refractivity contribution < 1.29 is 27.5 Å². The topological polar surface area (TPSA) is 71.5 Å². The Balaban J connectivity index is 1.41. The van der Waals surface area contributed by atoms with E-state index in [0.717, 1.165) is 54.4 Å². The van der Waals surface area contributed by atoms with Crippen LogP contribution < -0.4 is 15.0 Å². The Hall–Kier alpha value is -2.75. The maximum absolute atomic E-state index is 12.8. The number of carbonyl (C=O) groups is 2. The van der Waals surface area contributed by atoms with Crippen LogP contribution in [-0.4, -0.2) is 40.6 Å². The van der Waals surface area contributed by atoms with Crippen molar-refractivity contribution in [3.8, 4) is 5.75 Å². The Morgan fingerprint density at radius 2 is 2.03 bits per heavy atom. The summed E-state index contributed by atoms with van der Waals surface area (Å²) in [5.41, 5.74) is 1.30. The van der Waals surface area contributed by atoms with Crippen molar-refractivity contribution in [1.29, 1.82) is 0 Å². The summed E-state index contributed by atoms with van der Waals surface area (Å²) >= 11 is 1.02. The lowest BCUT2D eigenvalue weighted by atomic mass is 10.00. The van der Waals surface area contributed by atoms with Gasteiger partial charge in [-0.25, -0.2) is 4.98 Å². The summed E-state index contributed by atoms with van der Waals surface area (Å²) in [6, 6.07) is 8.21. The van der Waals surface area contributed by atoms with Crippen LogP contribution in [0.4, 0.5) is 23.8 Å². The largest absolute Gasteiger partial charge is 0.489 e. The minimum Gasteiger partial charge on any atom is -0.489 e. The first kappa shape index (κ1) is 23.4. The number of halogens is 3. The molecule has 0 bridgehead atoms. The maximum Gasteiger partial charge on any atom is 0.417 e. The van der Waals surface area contributed by atoms with Gasteiger partial charge in [-0.1, -0.05) is 24.8 Å². The number of anilines is 1. The van der Waals surface area contributed by atoms with Gasteiger partial charge in [0.2, 0.25) is 5.91 Å². The average Bonchev–Trinajstić information content (AvgIpc) is 3.11. The number of aryl methyl sites for hydroxylation is 1. The molecule has 2 fully saturated rings. The van der Waals surface area contributed by atoms with Crippen LogP contribution in [0.15, 0.2) is 36.5 Å². The lowest BCUT2D eigenvalue weighted by Crippen LogP contribution is -2.41. The molecule has 2 atom stereocenters. The van der Waals surface area contributed by atoms with E-state index in [1.165, 1.54) is 6.07 Å². The number of piperidine rings is 1. The van der Waals surface area contributed by atoms with Crippen LogP contribution in [0.25, 0.3) is 0 Å². The monoisotopic (exact) mass is 479 g/mol. The van der Waals surface area contributed by atoms with Gasteiger partial charge in [-0.2, -0.15) is 13.2 Å². The molecule has 2 saturated heterocycles. The third-order valence-electron chi connectivity index (χ3n) is 5.81.